The fourth-order valence-corrected chi connectivity index (χ4v) is 2.19. The lowest BCUT2D eigenvalue weighted by Gasteiger charge is -2.40. The Morgan fingerprint density at radius 1 is 1.43 bits per heavy atom. The van der Waals surface area contributed by atoms with E-state index in [4.69, 9.17) is 0 Å². The molecule has 14 heavy (non-hydrogen) atoms. The Morgan fingerprint density at radius 3 is 2.71 bits per heavy atom. The Hall–Kier alpha value is -0.0800. The molecule has 2 heteroatoms. The van der Waals surface area contributed by atoms with Crippen molar-refractivity contribution in [2.75, 3.05) is 19.6 Å². The molecule has 1 rings (SSSR count). The summed E-state index contributed by atoms with van der Waals surface area (Å²) in [6, 6.07) is 1.43. The van der Waals surface area contributed by atoms with Crippen molar-refractivity contribution in [1.29, 1.82) is 0 Å². The van der Waals surface area contributed by atoms with Crippen LogP contribution in [-0.2, 0) is 0 Å². The molecule has 0 bridgehead atoms. The zero-order valence-electron chi connectivity index (χ0n) is 10.2. The number of nitrogens with one attached hydrogen (secondary N) is 1. The Kier molecular flexibility index (Phi) is 4.90. The Bertz CT molecular complexity index is 158. The lowest BCUT2D eigenvalue weighted by molar-refractivity contribution is 0.113. The summed E-state index contributed by atoms with van der Waals surface area (Å²) in [6.07, 6.45) is 2.57. The van der Waals surface area contributed by atoms with Gasteiger partial charge in [-0.1, -0.05) is 27.2 Å². The highest BCUT2D eigenvalue weighted by atomic mass is 15.2. The molecule has 1 heterocycles. The Balaban J connectivity index is 2.44. The van der Waals surface area contributed by atoms with Crippen LogP contribution in [0.4, 0.5) is 0 Å². The van der Waals surface area contributed by atoms with Crippen LogP contribution < -0.4 is 5.32 Å². The number of nitrogens with zero attached hydrogens (tertiary/aromatic N) is 1. The number of piperazine rings is 1. The predicted octanol–water partition coefficient (Wildman–Crippen LogP) is 2.10. The van der Waals surface area contributed by atoms with Crippen molar-refractivity contribution < 1.29 is 0 Å². The quantitative estimate of drug-likeness (QED) is 0.744. The summed E-state index contributed by atoms with van der Waals surface area (Å²) in [5.41, 5.74) is 0. The van der Waals surface area contributed by atoms with Crippen molar-refractivity contribution in [1.82, 2.24) is 10.2 Å². The monoisotopic (exact) mass is 198 g/mol. The van der Waals surface area contributed by atoms with Crippen molar-refractivity contribution in [2.24, 2.45) is 5.92 Å². The van der Waals surface area contributed by atoms with E-state index >= 15 is 0 Å². The first-order valence-electron chi connectivity index (χ1n) is 6.14. The van der Waals surface area contributed by atoms with E-state index in [9.17, 15) is 0 Å². The van der Waals surface area contributed by atoms with Crippen molar-refractivity contribution in [3.8, 4) is 0 Å². The van der Waals surface area contributed by atoms with Crippen molar-refractivity contribution in [2.45, 2.75) is 52.6 Å². The maximum absolute atomic E-state index is 3.56. The lowest BCUT2D eigenvalue weighted by Crippen LogP contribution is -2.56. The van der Waals surface area contributed by atoms with Gasteiger partial charge in [0.05, 0.1) is 0 Å². The van der Waals surface area contributed by atoms with Crippen LogP contribution in [0.25, 0.3) is 0 Å². The van der Waals surface area contributed by atoms with Gasteiger partial charge in [0.1, 0.15) is 0 Å². The second kappa shape index (κ2) is 5.72. The molecule has 0 saturated carbocycles. The smallest absolute Gasteiger partial charge is 0.0218 e. The Labute approximate surface area is 89.1 Å². The van der Waals surface area contributed by atoms with Gasteiger partial charge in [0, 0.05) is 31.7 Å². The van der Waals surface area contributed by atoms with Gasteiger partial charge in [0.25, 0.3) is 0 Å². The number of hydrogen-bond acceptors (Lipinski definition) is 2. The molecule has 0 spiro atoms. The molecule has 1 saturated heterocycles. The summed E-state index contributed by atoms with van der Waals surface area (Å²) in [5, 5.41) is 3.56. The largest absolute Gasteiger partial charge is 0.311 e. The minimum atomic E-state index is 0.668. The van der Waals surface area contributed by atoms with Crippen LogP contribution in [0.15, 0.2) is 0 Å². The predicted molar refractivity (Wildman–Crippen MR) is 62.6 cm³/mol. The van der Waals surface area contributed by atoms with Gasteiger partial charge >= 0.3 is 0 Å². The van der Waals surface area contributed by atoms with E-state index in [2.05, 4.69) is 37.9 Å². The van der Waals surface area contributed by atoms with E-state index in [1.807, 2.05) is 0 Å². The molecule has 2 nitrogen and oxygen atoms in total. The highest BCUT2D eigenvalue weighted by Crippen LogP contribution is 2.14. The summed E-state index contributed by atoms with van der Waals surface area (Å²) in [7, 11) is 0. The molecule has 0 radical (unpaired) electrons. The first-order chi connectivity index (χ1) is 6.67. The average molecular weight is 198 g/mol. The van der Waals surface area contributed by atoms with Crippen LogP contribution in [0.3, 0.4) is 0 Å². The summed E-state index contributed by atoms with van der Waals surface area (Å²) in [6.45, 7) is 12.9. The topological polar surface area (TPSA) is 15.3 Å². The Morgan fingerprint density at radius 2 is 2.14 bits per heavy atom. The molecule has 1 aliphatic rings. The highest BCUT2D eigenvalue weighted by Gasteiger charge is 2.24. The van der Waals surface area contributed by atoms with E-state index in [-0.39, 0.29) is 0 Å². The third kappa shape index (κ3) is 3.25. The minimum absolute atomic E-state index is 0.668. The molecule has 1 N–H and O–H groups in total. The van der Waals surface area contributed by atoms with Crippen molar-refractivity contribution in [3.63, 3.8) is 0 Å². The average Bonchev–Trinajstić information content (AvgIpc) is 2.18. The normalized spacial score (nSPS) is 31.7. The van der Waals surface area contributed by atoms with Crippen molar-refractivity contribution >= 4 is 0 Å². The maximum Gasteiger partial charge on any atom is 0.0218 e. The van der Waals surface area contributed by atoms with Crippen LogP contribution in [0, 0.1) is 5.92 Å². The molecule has 0 aromatic rings. The van der Waals surface area contributed by atoms with Crippen LogP contribution in [0.5, 0.6) is 0 Å². The second-order valence-corrected chi connectivity index (χ2v) is 4.84. The SMILES string of the molecule is CCC(C)CN1CC(C)NCC1CC. The molecule has 1 aliphatic heterocycles. The van der Waals surface area contributed by atoms with E-state index in [0.29, 0.717) is 6.04 Å². The van der Waals surface area contributed by atoms with Gasteiger partial charge in [0.15, 0.2) is 0 Å². The zero-order valence-corrected chi connectivity index (χ0v) is 10.2. The molecule has 0 amide bonds. The maximum atomic E-state index is 3.56. The molecule has 3 unspecified atom stereocenters. The standard InChI is InChI=1S/C12H26N2/c1-5-10(3)8-14-9-11(4)13-7-12(14)6-2/h10-13H,5-9H2,1-4H3. The van der Waals surface area contributed by atoms with Gasteiger partial charge < -0.3 is 5.32 Å². The first-order valence-corrected chi connectivity index (χ1v) is 6.14. The van der Waals surface area contributed by atoms with Gasteiger partial charge in [-0.25, -0.2) is 0 Å². The molecule has 1 fully saturated rings. The molecule has 0 aromatic heterocycles. The number of rotatable bonds is 4. The van der Waals surface area contributed by atoms with Gasteiger partial charge in [-0.3, -0.25) is 4.90 Å². The summed E-state index contributed by atoms with van der Waals surface area (Å²) >= 11 is 0. The van der Waals surface area contributed by atoms with E-state index < -0.39 is 0 Å². The fourth-order valence-electron chi connectivity index (χ4n) is 2.19. The molecular formula is C12H26N2. The van der Waals surface area contributed by atoms with Crippen LogP contribution in [0.2, 0.25) is 0 Å². The van der Waals surface area contributed by atoms with E-state index in [1.165, 1.54) is 32.5 Å². The van der Waals surface area contributed by atoms with Gasteiger partial charge in [-0.15, -0.1) is 0 Å². The third-order valence-corrected chi connectivity index (χ3v) is 3.44. The first kappa shape index (κ1) is 12.0. The van der Waals surface area contributed by atoms with Crippen molar-refractivity contribution in [3.05, 3.63) is 0 Å². The fraction of sp³-hybridized carbons (Fsp3) is 1.00. The van der Waals surface area contributed by atoms with Crippen LogP contribution in [-0.4, -0.2) is 36.6 Å². The van der Waals surface area contributed by atoms with Crippen LogP contribution >= 0.6 is 0 Å². The van der Waals surface area contributed by atoms with Gasteiger partial charge in [-0.2, -0.15) is 0 Å². The van der Waals surface area contributed by atoms with Crippen LogP contribution in [0.1, 0.15) is 40.5 Å². The lowest BCUT2D eigenvalue weighted by atomic mass is 10.0. The molecular weight excluding hydrogens is 172 g/mol. The summed E-state index contributed by atoms with van der Waals surface area (Å²) in [4.78, 5) is 2.68. The summed E-state index contributed by atoms with van der Waals surface area (Å²) in [5.74, 6) is 0.842. The summed E-state index contributed by atoms with van der Waals surface area (Å²) < 4.78 is 0. The highest BCUT2D eigenvalue weighted by molar-refractivity contribution is 4.83. The molecule has 84 valence electrons. The van der Waals surface area contributed by atoms with E-state index in [0.717, 1.165) is 12.0 Å². The molecule has 0 aromatic carbocycles. The van der Waals surface area contributed by atoms with E-state index in [1.54, 1.807) is 0 Å². The van der Waals surface area contributed by atoms with Gasteiger partial charge in [0.2, 0.25) is 0 Å². The zero-order chi connectivity index (χ0) is 10.6. The second-order valence-electron chi connectivity index (χ2n) is 4.84. The molecule has 3 atom stereocenters. The number of hydrogen-bond donors (Lipinski definition) is 1. The third-order valence-electron chi connectivity index (χ3n) is 3.44. The minimum Gasteiger partial charge on any atom is -0.311 e. The molecule has 0 aliphatic carbocycles. The van der Waals surface area contributed by atoms with Gasteiger partial charge in [-0.05, 0) is 19.3 Å².